The number of ether oxygens (including phenoxy) is 1. The number of methoxy groups -OCH3 is 1. The molecule has 0 fully saturated rings. The van der Waals surface area contributed by atoms with Crippen LogP contribution in [0.15, 0.2) is 75.7 Å². The van der Waals surface area contributed by atoms with Crippen molar-refractivity contribution in [3.8, 4) is 5.75 Å². The quantitative estimate of drug-likeness (QED) is 0.286. The van der Waals surface area contributed by atoms with Gasteiger partial charge >= 0.3 is 0 Å². The van der Waals surface area contributed by atoms with Gasteiger partial charge in [0.2, 0.25) is 5.91 Å². The SMILES string of the molecule is COc1ccc(Br)c(C(=O)NCCCNC(=O)Cc2ccc(NC(=O)c3ccc(Br)cc3)cc2)c1. The fourth-order valence-electron chi connectivity index (χ4n) is 3.18. The van der Waals surface area contributed by atoms with Crippen LogP contribution in [0.5, 0.6) is 5.75 Å². The summed E-state index contributed by atoms with van der Waals surface area (Å²) in [5.74, 6) is 0.0763. The molecule has 3 aromatic rings. The lowest BCUT2D eigenvalue weighted by atomic mass is 10.1. The van der Waals surface area contributed by atoms with Crippen LogP contribution in [-0.4, -0.2) is 37.9 Å². The van der Waals surface area contributed by atoms with E-state index in [-0.39, 0.29) is 24.1 Å². The number of halogens is 2. The third-order valence-corrected chi connectivity index (χ3v) is 6.28. The molecule has 0 aliphatic carbocycles. The molecule has 182 valence electrons. The number of anilines is 1. The Balaban J connectivity index is 1.37. The van der Waals surface area contributed by atoms with Gasteiger partial charge in [-0.3, -0.25) is 14.4 Å². The average Bonchev–Trinajstić information content (AvgIpc) is 2.85. The minimum absolute atomic E-state index is 0.112. The minimum Gasteiger partial charge on any atom is -0.497 e. The summed E-state index contributed by atoms with van der Waals surface area (Å²) in [6.45, 7) is 0.870. The van der Waals surface area contributed by atoms with Gasteiger partial charge in [-0.15, -0.1) is 0 Å². The lowest BCUT2D eigenvalue weighted by molar-refractivity contribution is -0.120. The number of amides is 3. The molecule has 0 bridgehead atoms. The van der Waals surface area contributed by atoms with E-state index in [0.717, 1.165) is 10.0 Å². The first-order valence-electron chi connectivity index (χ1n) is 10.9. The molecule has 0 heterocycles. The van der Waals surface area contributed by atoms with Crippen molar-refractivity contribution < 1.29 is 19.1 Å². The van der Waals surface area contributed by atoms with Crippen LogP contribution in [0.3, 0.4) is 0 Å². The predicted octanol–water partition coefficient (Wildman–Crippen LogP) is 4.95. The minimum atomic E-state index is -0.214. The van der Waals surface area contributed by atoms with Crippen LogP contribution < -0.4 is 20.7 Å². The van der Waals surface area contributed by atoms with Gasteiger partial charge in [0, 0.05) is 33.3 Å². The lowest BCUT2D eigenvalue weighted by Crippen LogP contribution is -2.30. The molecular weight excluding hydrogens is 578 g/mol. The first kappa shape index (κ1) is 26.4. The van der Waals surface area contributed by atoms with E-state index in [1.807, 2.05) is 24.3 Å². The maximum Gasteiger partial charge on any atom is 0.255 e. The number of rotatable bonds is 10. The monoisotopic (exact) mass is 601 g/mol. The van der Waals surface area contributed by atoms with Gasteiger partial charge < -0.3 is 20.7 Å². The third kappa shape index (κ3) is 8.22. The molecule has 9 heteroatoms. The first-order valence-corrected chi connectivity index (χ1v) is 12.5. The molecule has 0 saturated carbocycles. The number of benzene rings is 3. The molecule has 3 N–H and O–H groups in total. The van der Waals surface area contributed by atoms with E-state index in [0.29, 0.717) is 46.5 Å². The van der Waals surface area contributed by atoms with E-state index in [4.69, 9.17) is 4.74 Å². The van der Waals surface area contributed by atoms with Crippen molar-refractivity contribution in [2.45, 2.75) is 12.8 Å². The second kappa shape index (κ2) is 13.1. The van der Waals surface area contributed by atoms with Crippen molar-refractivity contribution in [3.05, 3.63) is 92.4 Å². The number of nitrogens with one attached hydrogen (secondary N) is 3. The Hall–Kier alpha value is -3.17. The van der Waals surface area contributed by atoms with Gasteiger partial charge in [-0.25, -0.2) is 0 Å². The molecule has 0 saturated heterocycles. The van der Waals surface area contributed by atoms with E-state index >= 15 is 0 Å². The summed E-state index contributed by atoms with van der Waals surface area (Å²) in [5, 5.41) is 8.53. The molecule has 0 spiro atoms. The van der Waals surface area contributed by atoms with E-state index in [1.54, 1.807) is 49.6 Å². The molecule has 0 radical (unpaired) electrons. The van der Waals surface area contributed by atoms with Gasteiger partial charge in [0.25, 0.3) is 11.8 Å². The summed E-state index contributed by atoms with van der Waals surface area (Å²) < 4.78 is 6.74. The molecule has 3 amide bonds. The molecule has 3 aromatic carbocycles. The maximum absolute atomic E-state index is 12.3. The predicted molar refractivity (Wildman–Crippen MR) is 143 cm³/mol. The fourth-order valence-corrected chi connectivity index (χ4v) is 3.87. The van der Waals surface area contributed by atoms with E-state index < -0.39 is 0 Å². The van der Waals surface area contributed by atoms with Crippen molar-refractivity contribution in [2.75, 3.05) is 25.5 Å². The summed E-state index contributed by atoms with van der Waals surface area (Å²) in [6, 6.07) is 19.4. The zero-order valence-corrected chi connectivity index (χ0v) is 22.2. The largest absolute Gasteiger partial charge is 0.497 e. The van der Waals surface area contributed by atoms with Crippen LogP contribution in [0.1, 0.15) is 32.7 Å². The van der Waals surface area contributed by atoms with Crippen molar-refractivity contribution in [2.24, 2.45) is 0 Å². The highest BCUT2D eigenvalue weighted by Crippen LogP contribution is 2.22. The van der Waals surface area contributed by atoms with Crippen LogP contribution in [0, 0.1) is 0 Å². The zero-order valence-electron chi connectivity index (χ0n) is 19.1. The molecule has 35 heavy (non-hydrogen) atoms. The summed E-state index contributed by atoms with van der Waals surface area (Å²) in [5.41, 5.74) is 2.54. The zero-order chi connectivity index (χ0) is 25.2. The second-order valence-corrected chi connectivity index (χ2v) is 9.41. The van der Waals surface area contributed by atoms with Gasteiger partial charge in [-0.05, 0) is 82.5 Å². The smallest absolute Gasteiger partial charge is 0.255 e. The molecule has 0 unspecified atom stereocenters. The first-order chi connectivity index (χ1) is 16.9. The molecule has 0 atom stereocenters. The highest BCUT2D eigenvalue weighted by atomic mass is 79.9. The summed E-state index contributed by atoms with van der Waals surface area (Å²) in [6.07, 6.45) is 0.824. The van der Waals surface area contributed by atoms with Crippen molar-refractivity contribution in [1.82, 2.24) is 10.6 Å². The van der Waals surface area contributed by atoms with E-state index in [9.17, 15) is 14.4 Å². The van der Waals surface area contributed by atoms with Crippen LogP contribution in [0.2, 0.25) is 0 Å². The number of carbonyl (C=O) groups excluding carboxylic acids is 3. The van der Waals surface area contributed by atoms with Crippen LogP contribution >= 0.6 is 31.9 Å². The van der Waals surface area contributed by atoms with Gasteiger partial charge in [0.1, 0.15) is 5.75 Å². The van der Waals surface area contributed by atoms with Gasteiger partial charge in [0.05, 0.1) is 19.1 Å². The van der Waals surface area contributed by atoms with Gasteiger partial charge in [-0.1, -0.05) is 28.1 Å². The Labute approximate surface area is 220 Å². The molecule has 3 rings (SSSR count). The van der Waals surface area contributed by atoms with E-state index in [1.165, 1.54) is 0 Å². The van der Waals surface area contributed by atoms with Crippen molar-refractivity contribution in [3.63, 3.8) is 0 Å². The highest BCUT2D eigenvalue weighted by Gasteiger charge is 2.11. The lowest BCUT2D eigenvalue weighted by Gasteiger charge is -2.10. The van der Waals surface area contributed by atoms with Crippen LogP contribution in [0.25, 0.3) is 0 Å². The van der Waals surface area contributed by atoms with Crippen molar-refractivity contribution in [1.29, 1.82) is 0 Å². The summed E-state index contributed by atoms with van der Waals surface area (Å²) in [4.78, 5) is 36.9. The number of carbonyl (C=O) groups is 3. The Kier molecular flexibility index (Phi) is 9.86. The molecular formula is C26H25Br2N3O4. The Morgan fingerprint density at radius 1 is 0.829 bits per heavy atom. The fraction of sp³-hybridized carbons (Fsp3) is 0.192. The summed E-state index contributed by atoms with van der Waals surface area (Å²) >= 11 is 6.71. The highest BCUT2D eigenvalue weighted by molar-refractivity contribution is 9.10. The molecule has 0 aromatic heterocycles. The third-order valence-electron chi connectivity index (χ3n) is 5.06. The number of hydrogen-bond donors (Lipinski definition) is 3. The van der Waals surface area contributed by atoms with Gasteiger partial charge in [-0.2, -0.15) is 0 Å². The van der Waals surface area contributed by atoms with Gasteiger partial charge in [0.15, 0.2) is 0 Å². The van der Waals surface area contributed by atoms with E-state index in [2.05, 4.69) is 47.8 Å². The normalized spacial score (nSPS) is 10.4. The summed E-state index contributed by atoms with van der Waals surface area (Å²) in [7, 11) is 1.55. The molecule has 7 nitrogen and oxygen atoms in total. The second-order valence-electron chi connectivity index (χ2n) is 7.64. The standard InChI is InChI=1S/C26H25Br2N3O4/c1-35-21-11-12-23(28)22(16-21)26(34)30-14-2-13-29-24(32)15-17-3-9-20(10-4-17)31-25(33)18-5-7-19(27)8-6-18/h3-12,16H,2,13-15H2,1H3,(H,29,32)(H,30,34)(H,31,33). The average molecular weight is 603 g/mol. The molecule has 0 aliphatic rings. The van der Waals surface area contributed by atoms with Crippen molar-refractivity contribution >= 4 is 55.3 Å². The van der Waals surface area contributed by atoms with Crippen LogP contribution in [0.4, 0.5) is 5.69 Å². The Bertz CT molecular complexity index is 1180. The Morgan fingerprint density at radius 2 is 1.51 bits per heavy atom. The number of hydrogen-bond acceptors (Lipinski definition) is 4. The van der Waals surface area contributed by atoms with Crippen LogP contribution in [-0.2, 0) is 11.2 Å². The Morgan fingerprint density at radius 3 is 2.20 bits per heavy atom. The maximum atomic E-state index is 12.3. The topological polar surface area (TPSA) is 96.5 Å². The molecule has 0 aliphatic heterocycles.